The molecule has 0 bridgehead atoms. The molecule has 1 saturated heterocycles. The molecule has 1 aliphatic heterocycles. The summed E-state index contributed by atoms with van der Waals surface area (Å²) < 4.78 is 0. The van der Waals surface area contributed by atoms with Gasteiger partial charge in [-0.25, -0.2) is 0 Å². The van der Waals surface area contributed by atoms with Crippen LogP contribution in [0.4, 0.5) is 0 Å². The second kappa shape index (κ2) is 5.30. The van der Waals surface area contributed by atoms with Crippen molar-refractivity contribution < 1.29 is 4.79 Å². The molecule has 1 atom stereocenters. The molecule has 1 unspecified atom stereocenters. The van der Waals surface area contributed by atoms with Crippen LogP contribution in [0.2, 0.25) is 0 Å². The normalized spacial score (nSPS) is 20.1. The van der Waals surface area contributed by atoms with Gasteiger partial charge in [0, 0.05) is 31.2 Å². The molecule has 1 aromatic rings. The molecule has 16 heavy (non-hydrogen) atoms. The van der Waals surface area contributed by atoms with E-state index in [2.05, 4.69) is 4.98 Å². The molecule has 1 fully saturated rings. The number of nitrogens with zero attached hydrogens (tertiary/aromatic N) is 2. The van der Waals surface area contributed by atoms with Crippen LogP contribution >= 0.6 is 11.6 Å². The van der Waals surface area contributed by atoms with E-state index in [1.165, 1.54) is 0 Å². The Kier molecular flexibility index (Phi) is 3.78. The predicted octanol–water partition coefficient (Wildman–Crippen LogP) is 2.37. The monoisotopic (exact) mass is 238 g/mol. The fourth-order valence-electron chi connectivity index (χ4n) is 2.21. The summed E-state index contributed by atoms with van der Waals surface area (Å²) in [6, 6.07) is 4.14. The molecule has 2 rings (SSSR count). The second-order valence-corrected chi connectivity index (χ2v) is 4.35. The van der Waals surface area contributed by atoms with E-state index in [0.717, 1.165) is 24.9 Å². The van der Waals surface area contributed by atoms with Gasteiger partial charge in [-0.1, -0.05) is 6.07 Å². The molecule has 1 aromatic heterocycles. The van der Waals surface area contributed by atoms with Crippen LogP contribution in [0, 0.1) is 0 Å². The Labute approximate surface area is 100 Å². The molecule has 0 radical (unpaired) electrons. The van der Waals surface area contributed by atoms with Gasteiger partial charge in [-0.15, -0.1) is 11.6 Å². The van der Waals surface area contributed by atoms with Crippen LogP contribution in [0.25, 0.3) is 0 Å². The fraction of sp³-hybridized carbons (Fsp3) is 0.500. The number of alkyl halides is 1. The topological polar surface area (TPSA) is 33.2 Å². The van der Waals surface area contributed by atoms with Crippen LogP contribution in [-0.2, 0) is 4.79 Å². The summed E-state index contributed by atoms with van der Waals surface area (Å²) in [4.78, 5) is 17.9. The Hall–Kier alpha value is -1.09. The average molecular weight is 239 g/mol. The number of amides is 1. The zero-order valence-corrected chi connectivity index (χ0v) is 9.86. The zero-order chi connectivity index (χ0) is 11.4. The van der Waals surface area contributed by atoms with Crippen molar-refractivity contribution in [2.24, 2.45) is 0 Å². The van der Waals surface area contributed by atoms with Crippen molar-refractivity contribution in [2.45, 2.75) is 25.3 Å². The first-order valence-corrected chi connectivity index (χ1v) is 6.11. The average Bonchev–Trinajstić information content (AvgIpc) is 2.79. The number of carbonyl (C=O) groups is 1. The van der Waals surface area contributed by atoms with Gasteiger partial charge in [0.15, 0.2) is 0 Å². The summed E-state index contributed by atoms with van der Waals surface area (Å²) in [5.74, 6) is 0.552. The number of likely N-dealkylation sites (tertiary alicyclic amines) is 1. The van der Waals surface area contributed by atoms with Gasteiger partial charge >= 0.3 is 0 Å². The van der Waals surface area contributed by atoms with Gasteiger partial charge in [-0.2, -0.15) is 0 Å². The highest BCUT2D eigenvalue weighted by Gasteiger charge is 2.29. The van der Waals surface area contributed by atoms with Crippen LogP contribution in [-0.4, -0.2) is 28.2 Å². The number of halogens is 1. The van der Waals surface area contributed by atoms with E-state index in [1.807, 2.05) is 23.2 Å². The first-order chi connectivity index (χ1) is 7.83. The lowest BCUT2D eigenvalue weighted by molar-refractivity contribution is -0.131. The number of pyridine rings is 1. The highest BCUT2D eigenvalue weighted by molar-refractivity contribution is 6.18. The van der Waals surface area contributed by atoms with Gasteiger partial charge in [0.1, 0.15) is 0 Å². The predicted molar refractivity (Wildman–Crippen MR) is 63.3 cm³/mol. The van der Waals surface area contributed by atoms with Gasteiger partial charge < -0.3 is 4.90 Å². The van der Waals surface area contributed by atoms with Gasteiger partial charge in [-0.05, 0) is 24.5 Å². The molecule has 0 N–H and O–H groups in total. The molecule has 86 valence electrons. The first-order valence-electron chi connectivity index (χ1n) is 5.58. The minimum atomic E-state index is 0.154. The smallest absolute Gasteiger partial charge is 0.224 e. The standard InChI is InChI=1S/C12H15ClN2O/c13-6-5-12(16)15-8-2-4-11(15)10-3-1-7-14-9-10/h1,3,7,9,11H,2,4-6,8H2. The van der Waals surface area contributed by atoms with Crippen molar-refractivity contribution in [3.63, 3.8) is 0 Å². The van der Waals surface area contributed by atoms with Gasteiger partial charge in [-0.3, -0.25) is 9.78 Å². The van der Waals surface area contributed by atoms with Crippen LogP contribution in [0.1, 0.15) is 30.9 Å². The Morgan fingerprint density at radius 2 is 2.50 bits per heavy atom. The molecular formula is C12H15ClN2O. The van der Waals surface area contributed by atoms with Crippen LogP contribution in [0.3, 0.4) is 0 Å². The molecule has 0 aromatic carbocycles. The third-order valence-corrected chi connectivity index (χ3v) is 3.14. The van der Waals surface area contributed by atoms with E-state index in [9.17, 15) is 4.79 Å². The van der Waals surface area contributed by atoms with Crippen LogP contribution in [0.5, 0.6) is 0 Å². The van der Waals surface area contributed by atoms with Crippen molar-refractivity contribution in [1.29, 1.82) is 0 Å². The summed E-state index contributed by atoms with van der Waals surface area (Å²) >= 11 is 5.61. The van der Waals surface area contributed by atoms with Gasteiger partial charge in [0.2, 0.25) is 5.91 Å². The number of hydrogen-bond donors (Lipinski definition) is 0. The molecule has 4 heteroatoms. The van der Waals surface area contributed by atoms with Crippen molar-refractivity contribution in [1.82, 2.24) is 9.88 Å². The number of aromatic nitrogens is 1. The van der Waals surface area contributed by atoms with E-state index < -0.39 is 0 Å². The molecule has 1 aliphatic rings. The Balaban J connectivity index is 2.12. The fourth-order valence-corrected chi connectivity index (χ4v) is 2.37. The van der Waals surface area contributed by atoms with Crippen molar-refractivity contribution >= 4 is 17.5 Å². The maximum atomic E-state index is 11.9. The third-order valence-electron chi connectivity index (χ3n) is 2.95. The molecule has 1 amide bonds. The van der Waals surface area contributed by atoms with Crippen molar-refractivity contribution in [3.05, 3.63) is 30.1 Å². The van der Waals surface area contributed by atoms with E-state index in [0.29, 0.717) is 12.3 Å². The summed E-state index contributed by atoms with van der Waals surface area (Å²) in [6.07, 6.45) is 6.12. The molecule has 3 nitrogen and oxygen atoms in total. The van der Waals surface area contributed by atoms with Crippen molar-refractivity contribution in [2.75, 3.05) is 12.4 Å². The summed E-state index contributed by atoms with van der Waals surface area (Å²) in [7, 11) is 0. The largest absolute Gasteiger partial charge is 0.336 e. The summed E-state index contributed by atoms with van der Waals surface area (Å²) in [5, 5.41) is 0. The lowest BCUT2D eigenvalue weighted by Gasteiger charge is -2.24. The maximum absolute atomic E-state index is 11.9. The third kappa shape index (κ3) is 2.35. The first kappa shape index (κ1) is 11.4. The summed E-state index contributed by atoms with van der Waals surface area (Å²) in [6.45, 7) is 0.843. The van der Waals surface area contributed by atoms with Gasteiger partial charge in [0.25, 0.3) is 0 Å². The molecule has 0 spiro atoms. The van der Waals surface area contributed by atoms with Crippen LogP contribution in [0.15, 0.2) is 24.5 Å². The van der Waals surface area contributed by atoms with E-state index in [4.69, 9.17) is 11.6 Å². The Morgan fingerprint density at radius 1 is 1.62 bits per heavy atom. The number of carbonyl (C=O) groups excluding carboxylic acids is 1. The Bertz CT molecular complexity index is 355. The lowest BCUT2D eigenvalue weighted by atomic mass is 10.1. The molecular weight excluding hydrogens is 224 g/mol. The quantitative estimate of drug-likeness (QED) is 0.758. The highest BCUT2D eigenvalue weighted by Crippen LogP contribution is 2.31. The SMILES string of the molecule is O=C(CCCl)N1CCCC1c1cccnc1. The second-order valence-electron chi connectivity index (χ2n) is 3.97. The Morgan fingerprint density at radius 3 is 3.19 bits per heavy atom. The van der Waals surface area contributed by atoms with E-state index in [1.54, 1.807) is 6.20 Å². The molecule has 2 heterocycles. The van der Waals surface area contributed by atoms with Gasteiger partial charge in [0.05, 0.1) is 6.04 Å². The lowest BCUT2D eigenvalue weighted by Crippen LogP contribution is -2.30. The number of hydrogen-bond acceptors (Lipinski definition) is 2. The zero-order valence-electron chi connectivity index (χ0n) is 9.10. The minimum Gasteiger partial charge on any atom is -0.336 e. The van der Waals surface area contributed by atoms with Crippen molar-refractivity contribution in [3.8, 4) is 0 Å². The highest BCUT2D eigenvalue weighted by atomic mass is 35.5. The maximum Gasteiger partial charge on any atom is 0.224 e. The molecule has 0 saturated carbocycles. The minimum absolute atomic E-state index is 0.154. The van der Waals surface area contributed by atoms with Crippen LogP contribution < -0.4 is 0 Å². The van der Waals surface area contributed by atoms with E-state index in [-0.39, 0.29) is 11.9 Å². The number of rotatable bonds is 3. The molecule has 0 aliphatic carbocycles. The summed E-state index contributed by atoms with van der Waals surface area (Å²) in [5.41, 5.74) is 1.13. The van der Waals surface area contributed by atoms with E-state index >= 15 is 0 Å².